The molecule has 1 aromatic carbocycles. The van der Waals surface area contributed by atoms with Gasteiger partial charge in [-0.25, -0.2) is 9.18 Å². The maximum Gasteiger partial charge on any atom is 0.317 e. The van der Waals surface area contributed by atoms with Gasteiger partial charge >= 0.3 is 6.03 Å². The fourth-order valence-corrected chi connectivity index (χ4v) is 3.34. The van der Waals surface area contributed by atoms with Crippen LogP contribution in [0.1, 0.15) is 39.2 Å². The first kappa shape index (κ1) is 18.7. The number of unbranched alkanes of at least 4 members (excludes halogenated alkanes) is 1. The molecule has 2 amide bonds. The Bertz CT molecular complexity index is 520. The van der Waals surface area contributed by atoms with Gasteiger partial charge in [-0.15, -0.1) is 0 Å². The maximum atomic E-state index is 12.9. The van der Waals surface area contributed by atoms with Crippen molar-refractivity contribution < 1.29 is 9.18 Å². The third-order valence-electron chi connectivity index (χ3n) is 4.78. The normalized spacial score (nSPS) is 21.8. The summed E-state index contributed by atoms with van der Waals surface area (Å²) in [7, 11) is 0. The van der Waals surface area contributed by atoms with Crippen LogP contribution in [0.15, 0.2) is 24.3 Å². The summed E-state index contributed by atoms with van der Waals surface area (Å²) in [4.78, 5) is 16.5. The molecule has 0 saturated carbocycles. The highest BCUT2D eigenvalue weighted by atomic mass is 19.1. The quantitative estimate of drug-likeness (QED) is 0.810. The van der Waals surface area contributed by atoms with Crippen molar-refractivity contribution in [3.05, 3.63) is 35.6 Å². The third-order valence-corrected chi connectivity index (χ3v) is 4.78. The van der Waals surface area contributed by atoms with E-state index in [4.69, 9.17) is 0 Å². The maximum absolute atomic E-state index is 12.9. The summed E-state index contributed by atoms with van der Waals surface area (Å²) in [5, 5.41) is 2.90. The van der Waals surface area contributed by atoms with Crippen molar-refractivity contribution in [1.82, 2.24) is 15.1 Å². The fourth-order valence-electron chi connectivity index (χ4n) is 3.34. The first-order chi connectivity index (χ1) is 11.5. The minimum atomic E-state index is -0.174. The Hall–Kier alpha value is -1.62. The molecule has 24 heavy (non-hydrogen) atoms. The monoisotopic (exact) mass is 335 g/mol. The zero-order valence-corrected chi connectivity index (χ0v) is 15.1. The first-order valence-corrected chi connectivity index (χ1v) is 9.04. The van der Waals surface area contributed by atoms with Gasteiger partial charge in [0.2, 0.25) is 0 Å². The topological polar surface area (TPSA) is 35.6 Å². The smallest absolute Gasteiger partial charge is 0.317 e. The number of aryl methyl sites for hydroxylation is 1. The second kappa shape index (κ2) is 9.02. The lowest BCUT2D eigenvalue weighted by Crippen LogP contribution is -2.60. The van der Waals surface area contributed by atoms with Crippen molar-refractivity contribution in [1.29, 1.82) is 0 Å². The van der Waals surface area contributed by atoms with E-state index in [2.05, 4.69) is 24.1 Å². The second-order valence-corrected chi connectivity index (χ2v) is 6.76. The fraction of sp³-hybridized carbons (Fsp3) is 0.632. The molecule has 0 spiro atoms. The van der Waals surface area contributed by atoms with E-state index >= 15 is 0 Å². The molecule has 2 rings (SSSR count). The molecule has 0 aromatic heterocycles. The molecule has 0 bridgehead atoms. The van der Waals surface area contributed by atoms with E-state index in [0.29, 0.717) is 12.6 Å². The molecule has 0 radical (unpaired) electrons. The first-order valence-electron chi connectivity index (χ1n) is 9.04. The van der Waals surface area contributed by atoms with Gasteiger partial charge in [-0.1, -0.05) is 12.1 Å². The van der Waals surface area contributed by atoms with Gasteiger partial charge in [-0.2, -0.15) is 0 Å². The van der Waals surface area contributed by atoms with Gasteiger partial charge < -0.3 is 10.2 Å². The average molecular weight is 335 g/mol. The Morgan fingerprint density at radius 1 is 1.17 bits per heavy atom. The number of nitrogens with one attached hydrogen (secondary N) is 1. The lowest BCUT2D eigenvalue weighted by molar-refractivity contribution is 0.0624. The molecule has 1 aliphatic rings. The SMILES string of the molecule is CCNC(=O)N1C[C@@H](C)N(CCCCc2ccc(F)cc2)C[C@@H]1C. The van der Waals surface area contributed by atoms with Crippen molar-refractivity contribution in [2.24, 2.45) is 0 Å². The molecule has 0 aliphatic carbocycles. The largest absolute Gasteiger partial charge is 0.338 e. The van der Waals surface area contributed by atoms with Crippen LogP contribution < -0.4 is 5.32 Å². The molecule has 1 N–H and O–H groups in total. The Morgan fingerprint density at radius 2 is 1.88 bits per heavy atom. The van der Waals surface area contributed by atoms with E-state index in [-0.39, 0.29) is 17.9 Å². The summed E-state index contributed by atoms with van der Waals surface area (Å²) in [6.45, 7) is 9.69. The predicted molar refractivity (Wildman–Crippen MR) is 95.6 cm³/mol. The molecule has 1 aliphatic heterocycles. The number of carbonyl (C=O) groups is 1. The van der Waals surface area contributed by atoms with Crippen molar-refractivity contribution >= 4 is 6.03 Å². The number of halogens is 1. The van der Waals surface area contributed by atoms with Crippen LogP contribution in [-0.2, 0) is 6.42 Å². The summed E-state index contributed by atoms with van der Waals surface area (Å²) in [5.74, 6) is -0.174. The molecule has 1 saturated heterocycles. The van der Waals surface area contributed by atoms with E-state index in [0.717, 1.165) is 38.9 Å². The zero-order valence-electron chi connectivity index (χ0n) is 15.1. The number of benzene rings is 1. The van der Waals surface area contributed by atoms with Crippen LogP contribution in [0.5, 0.6) is 0 Å². The van der Waals surface area contributed by atoms with Gasteiger partial charge in [0.15, 0.2) is 0 Å². The Kier molecular flexibility index (Phi) is 7.03. The van der Waals surface area contributed by atoms with E-state index < -0.39 is 0 Å². The lowest BCUT2D eigenvalue weighted by Gasteiger charge is -2.44. The van der Waals surface area contributed by atoms with Crippen LogP contribution in [0.4, 0.5) is 9.18 Å². The highest BCUT2D eigenvalue weighted by Gasteiger charge is 2.31. The van der Waals surface area contributed by atoms with Gasteiger partial charge in [0.25, 0.3) is 0 Å². The van der Waals surface area contributed by atoms with E-state index in [1.54, 1.807) is 0 Å². The Labute approximate surface area is 145 Å². The van der Waals surface area contributed by atoms with Crippen molar-refractivity contribution in [3.63, 3.8) is 0 Å². The van der Waals surface area contributed by atoms with E-state index in [1.165, 1.54) is 17.7 Å². The van der Waals surface area contributed by atoms with Gasteiger partial charge in [0.1, 0.15) is 5.82 Å². The zero-order chi connectivity index (χ0) is 17.5. The number of hydrogen-bond donors (Lipinski definition) is 1. The summed E-state index contributed by atoms with van der Waals surface area (Å²) < 4.78 is 12.9. The lowest BCUT2D eigenvalue weighted by atomic mass is 10.1. The standard InChI is InChI=1S/C19H30FN3O/c1-4-21-19(24)23-14-15(2)22(13-16(23)3)12-6-5-7-17-8-10-18(20)11-9-17/h8-11,15-16H,4-7,12-14H2,1-3H3,(H,21,24)/t15-,16+/m1/s1. The summed E-state index contributed by atoms with van der Waals surface area (Å²) in [6, 6.07) is 7.46. The molecule has 5 heteroatoms. The molecular formula is C19H30FN3O. The van der Waals surface area contributed by atoms with Gasteiger partial charge in [0.05, 0.1) is 0 Å². The Morgan fingerprint density at radius 3 is 2.54 bits per heavy atom. The van der Waals surface area contributed by atoms with Crippen LogP contribution in [0, 0.1) is 5.82 Å². The van der Waals surface area contributed by atoms with Crippen LogP contribution in [0.25, 0.3) is 0 Å². The second-order valence-electron chi connectivity index (χ2n) is 6.76. The van der Waals surface area contributed by atoms with E-state index in [1.807, 2.05) is 24.0 Å². The van der Waals surface area contributed by atoms with Crippen LogP contribution >= 0.6 is 0 Å². The van der Waals surface area contributed by atoms with Crippen molar-refractivity contribution in [2.75, 3.05) is 26.2 Å². The van der Waals surface area contributed by atoms with Crippen LogP contribution in [0.2, 0.25) is 0 Å². The molecule has 1 aromatic rings. The average Bonchev–Trinajstić information content (AvgIpc) is 2.56. The molecule has 1 heterocycles. The van der Waals surface area contributed by atoms with Gasteiger partial charge in [-0.05, 0) is 64.3 Å². The Balaban J connectivity index is 1.73. The molecular weight excluding hydrogens is 305 g/mol. The van der Waals surface area contributed by atoms with Crippen LogP contribution in [-0.4, -0.2) is 54.1 Å². The molecule has 4 nitrogen and oxygen atoms in total. The summed E-state index contributed by atoms with van der Waals surface area (Å²) in [5.41, 5.74) is 1.19. The molecule has 1 fully saturated rings. The predicted octanol–water partition coefficient (Wildman–Crippen LogP) is 3.27. The van der Waals surface area contributed by atoms with Crippen molar-refractivity contribution in [3.8, 4) is 0 Å². The number of carbonyl (C=O) groups excluding carboxylic acids is 1. The number of rotatable bonds is 6. The number of amides is 2. The van der Waals surface area contributed by atoms with Crippen molar-refractivity contribution in [2.45, 2.75) is 52.1 Å². The highest BCUT2D eigenvalue weighted by molar-refractivity contribution is 5.74. The summed E-state index contributed by atoms with van der Waals surface area (Å²) in [6.07, 6.45) is 3.21. The van der Waals surface area contributed by atoms with Gasteiger partial charge in [-0.3, -0.25) is 4.90 Å². The van der Waals surface area contributed by atoms with Crippen LogP contribution in [0.3, 0.4) is 0 Å². The minimum absolute atomic E-state index is 0.0489. The minimum Gasteiger partial charge on any atom is -0.338 e. The number of urea groups is 1. The third kappa shape index (κ3) is 5.20. The highest BCUT2D eigenvalue weighted by Crippen LogP contribution is 2.16. The molecule has 0 unspecified atom stereocenters. The number of piperazine rings is 1. The molecule has 2 atom stereocenters. The van der Waals surface area contributed by atoms with Gasteiger partial charge in [0, 0.05) is 31.7 Å². The number of nitrogens with zero attached hydrogens (tertiary/aromatic N) is 2. The number of hydrogen-bond acceptors (Lipinski definition) is 2. The molecule has 134 valence electrons. The summed E-state index contributed by atoms with van der Waals surface area (Å²) >= 11 is 0. The van der Waals surface area contributed by atoms with E-state index in [9.17, 15) is 9.18 Å².